The van der Waals surface area contributed by atoms with Gasteiger partial charge in [-0.1, -0.05) is 18.5 Å². The van der Waals surface area contributed by atoms with Crippen LogP contribution in [0.5, 0.6) is 0 Å². The van der Waals surface area contributed by atoms with Gasteiger partial charge >= 0.3 is 0 Å². The summed E-state index contributed by atoms with van der Waals surface area (Å²) in [5, 5.41) is 9.28. The smallest absolute Gasteiger partial charge is 0.227 e. The summed E-state index contributed by atoms with van der Waals surface area (Å²) in [6.45, 7) is 5.90. The molecule has 2 aromatic heterocycles. The SMILES string of the molecule is CC1CNCCN(c2ncc(Cl)c(-n3ncc4cc(N)ccc43)n2)C1. The van der Waals surface area contributed by atoms with Gasteiger partial charge in [-0.2, -0.15) is 10.1 Å². The summed E-state index contributed by atoms with van der Waals surface area (Å²) in [5.41, 5.74) is 7.46. The van der Waals surface area contributed by atoms with Crippen LogP contribution >= 0.6 is 11.6 Å². The number of nitrogens with two attached hydrogens (primary N) is 1. The highest BCUT2D eigenvalue weighted by atomic mass is 35.5. The summed E-state index contributed by atoms with van der Waals surface area (Å²) in [7, 11) is 0. The third kappa shape index (κ3) is 3.12. The summed E-state index contributed by atoms with van der Waals surface area (Å²) in [6.07, 6.45) is 3.41. The van der Waals surface area contributed by atoms with Gasteiger partial charge in [-0.15, -0.1) is 0 Å². The fourth-order valence-electron chi connectivity index (χ4n) is 3.15. The molecule has 1 aromatic carbocycles. The first-order valence-corrected chi connectivity index (χ1v) is 8.71. The van der Waals surface area contributed by atoms with Crippen molar-refractivity contribution >= 4 is 34.1 Å². The monoisotopic (exact) mass is 357 g/mol. The highest BCUT2D eigenvalue weighted by Crippen LogP contribution is 2.25. The minimum absolute atomic E-state index is 0.464. The summed E-state index contributed by atoms with van der Waals surface area (Å²) in [5.74, 6) is 1.78. The van der Waals surface area contributed by atoms with E-state index >= 15 is 0 Å². The lowest BCUT2D eigenvalue weighted by molar-refractivity contribution is 0.561. The molecule has 0 amide bonds. The first kappa shape index (κ1) is 16.1. The van der Waals surface area contributed by atoms with E-state index in [9.17, 15) is 0 Å². The van der Waals surface area contributed by atoms with E-state index in [4.69, 9.17) is 22.3 Å². The summed E-state index contributed by atoms with van der Waals surface area (Å²) in [6, 6.07) is 5.66. The van der Waals surface area contributed by atoms with E-state index in [2.05, 4.69) is 27.2 Å². The predicted molar refractivity (Wildman–Crippen MR) is 100 cm³/mol. The number of fused-ring (bicyclic) bond motifs is 1. The molecule has 0 radical (unpaired) electrons. The molecule has 3 aromatic rings. The van der Waals surface area contributed by atoms with E-state index in [-0.39, 0.29) is 0 Å². The molecule has 4 rings (SSSR count). The lowest BCUT2D eigenvalue weighted by atomic mass is 10.2. The van der Waals surface area contributed by atoms with Crippen LogP contribution in [0.15, 0.2) is 30.6 Å². The number of nitrogens with zero attached hydrogens (tertiary/aromatic N) is 5. The third-order valence-corrected chi connectivity index (χ3v) is 4.64. The van der Waals surface area contributed by atoms with Gasteiger partial charge < -0.3 is 16.0 Å². The van der Waals surface area contributed by atoms with Crippen molar-refractivity contribution in [2.45, 2.75) is 6.92 Å². The number of benzene rings is 1. The molecule has 3 N–H and O–H groups in total. The van der Waals surface area contributed by atoms with Gasteiger partial charge in [0.25, 0.3) is 0 Å². The van der Waals surface area contributed by atoms with Crippen LogP contribution in [0.3, 0.4) is 0 Å². The van der Waals surface area contributed by atoms with Crippen LogP contribution in [-0.4, -0.2) is 45.9 Å². The summed E-state index contributed by atoms with van der Waals surface area (Å²) in [4.78, 5) is 11.3. The molecule has 3 heterocycles. The van der Waals surface area contributed by atoms with Crippen molar-refractivity contribution in [2.75, 3.05) is 36.8 Å². The Morgan fingerprint density at radius 2 is 2.20 bits per heavy atom. The zero-order valence-corrected chi connectivity index (χ0v) is 14.7. The second-order valence-corrected chi connectivity index (χ2v) is 6.88. The van der Waals surface area contributed by atoms with Crippen LogP contribution in [0.1, 0.15) is 6.92 Å². The molecule has 130 valence electrons. The lowest BCUT2D eigenvalue weighted by Gasteiger charge is -2.22. The predicted octanol–water partition coefficient (Wildman–Crippen LogP) is 2.10. The van der Waals surface area contributed by atoms with Gasteiger partial charge in [0.1, 0.15) is 5.02 Å². The minimum atomic E-state index is 0.464. The molecule has 0 spiro atoms. The molecule has 1 aliphatic rings. The molecular formula is C17H20ClN7. The molecule has 7 nitrogen and oxygen atoms in total. The second-order valence-electron chi connectivity index (χ2n) is 6.47. The van der Waals surface area contributed by atoms with Crippen LogP contribution in [0.4, 0.5) is 11.6 Å². The van der Waals surface area contributed by atoms with Gasteiger partial charge in [0.15, 0.2) is 5.82 Å². The van der Waals surface area contributed by atoms with Crippen LogP contribution < -0.4 is 16.0 Å². The number of hydrogen-bond donors (Lipinski definition) is 2. The number of hydrogen-bond acceptors (Lipinski definition) is 6. The summed E-state index contributed by atoms with van der Waals surface area (Å²) >= 11 is 6.38. The molecule has 0 bridgehead atoms. The number of rotatable bonds is 2. The van der Waals surface area contributed by atoms with Gasteiger partial charge in [-0.25, -0.2) is 9.67 Å². The number of nitrogens with one attached hydrogen (secondary N) is 1. The van der Waals surface area contributed by atoms with Gasteiger partial charge in [-0.05, 0) is 30.7 Å². The van der Waals surface area contributed by atoms with E-state index in [1.165, 1.54) is 0 Å². The Morgan fingerprint density at radius 3 is 3.08 bits per heavy atom. The van der Waals surface area contributed by atoms with Crippen molar-refractivity contribution in [2.24, 2.45) is 5.92 Å². The molecule has 1 unspecified atom stereocenters. The maximum Gasteiger partial charge on any atom is 0.227 e. The highest BCUT2D eigenvalue weighted by molar-refractivity contribution is 6.32. The number of nitrogen functional groups attached to an aromatic ring is 1. The van der Waals surface area contributed by atoms with Gasteiger partial charge in [0.05, 0.1) is 17.9 Å². The molecular weight excluding hydrogens is 338 g/mol. The van der Waals surface area contributed by atoms with Crippen LogP contribution in [0, 0.1) is 5.92 Å². The fourth-order valence-corrected chi connectivity index (χ4v) is 3.32. The Balaban J connectivity index is 1.76. The normalized spacial score (nSPS) is 18.5. The minimum Gasteiger partial charge on any atom is -0.399 e. The molecule has 0 saturated carbocycles. The molecule has 1 atom stereocenters. The van der Waals surface area contributed by atoms with Crippen molar-refractivity contribution in [1.29, 1.82) is 0 Å². The van der Waals surface area contributed by atoms with Crippen LogP contribution in [0.2, 0.25) is 5.02 Å². The number of anilines is 2. The topological polar surface area (TPSA) is 84.9 Å². The van der Waals surface area contributed by atoms with E-state index < -0.39 is 0 Å². The van der Waals surface area contributed by atoms with Crippen molar-refractivity contribution in [1.82, 2.24) is 25.1 Å². The third-order valence-electron chi connectivity index (χ3n) is 4.37. The Kier molecular flexibility index (Phi) is 4.19. The van der Waals surface area contributed by atoms with Crippen molar-refractivity contribution < 1.29 is 0 Å². The number of halogens is 1. The molecule has 1 fully saturated rings. The van der Waals surface area contributed by atoms with Crippen molar-refractivity contribution in [3.63, 3.8) is 0 Å². The first-order chi connectivity index (χ1) is 12.1. The Morgan fingerprint density at radius 1 is 1.32 bits per heavy atom. The van der Waals surface area contributed by atoms with Gasteiger partial charge in [0, 0.05) is 30.7 Å². The number of aromatic nitrogens is 4. The molecule has 8 heteroatoms. The first-order valence-electron chi connectivity index (χ1n) is 8.33. The quantitative estimate of drug-likeness (QED) is 0.683. The zero-order valence-electron chi connectivity index (χ0n) is 14.0. The maximum atomic E-state index is 6.38. The average molecular weight is 358 g/mol. The van der Waals surface area contributed by atoms with Gasteiger partial charge in [-0.3, -0.25) is 0 Å². The lowest BCUT2D eigenvalue weighted by Crippen LogP contribution is -2.31. The van der Waals surface area contributed by atoms with Gasteiger partial charge in [0.2, 0.25) is 5.95 Å². The van der Waals surface area contributed by atoms with Crippen molar-refractivity contribution in [3.8, 4) is 5.82 Å². The Hall–Kier alpha value is -2.38. The van der Waals surface area contributed by atoms with E-state index in [0.29, 0.717) is 28.4 Å². The average Bonchev–Trinajstić information content (AvgIpc) is 2.88. The highest BCUT2D eigenvalue weighted by Gasteiger charge is 2.19. The van der Waals surface area contributed by atoms with Crippen LogP contribution in [0.25, 0.3) is 16.7 Å². The Bertz CT molecular complexity index is 907. The van der Waals surface area contributed by atoms with Crippen molar-refractivity contribution in [3.05, 3.63) is 35.6 Å². The van der Waals surface area contributed by atoms with Crippen LogP contribution in [-0.2, 0) is 0 Å². The van der Waals surface area contributed by atoms with E-state index in [0.717, 1.165) is 37.1 Å². The zero-order chi connectivity index (χ0) is 17.4. The Labute approximate surface area is 150 Å². The molecule has 0 aliphatic carbocycles. The molecule has 1 aliphatic heterocycles. The molecule has 1 saturated heterocycles. The fraction of sp³-hybridized carbons (Fsp3) is 0.353. The summed E-state index contributed by atoms with van der Waals surface area (Å²) < 4.78 is 1.74. The van der Waals surface area contributed by atoms with E-state index in [1.54, 1.807) is 17.1 Å². The second kappa shape index (κ2) is 6.50. The molecule has 25 heavy (non-hydrogen) atoms. The largest absolute Gasteiger partial charge is 0.399 e. The van der Waals surface area contributed by atoms with E-state index in [1.807, 2.05) is 18.2 Å². The maximum absolute atomic E-state index is 6.38. The standard InChI is InChI=1S/C17H20ClN7/c1-11-7-20-4-5-24(10-11)17-21-9-14(18)16(23-17)25-15-3-2-13(19)6-12(15)8-22-25/h2-3,6,8-9,11,20H,4-5,7,10,19H2,1H3.